The smallest absolute Gasteiger partial charge is 0.254 e. The van der Waals surface area contributed by atoms with Gasteiger partial charge in [0, 0.05) is 19.2 Å². The van der Waals surface area contributed by atoms with Crippen LogP contribution in [0.1, 0.15) is 17.3 Å². The normalized spacial score (nSPS) is 10.4. The van der Waals surface area contributed by atoms with Crippen molar-refractivity contribution in [3.63, 3.8) is 0 Å². The van der Waals surface area contributed by atoms with Gasteiger partial charge in [-0.15, -0.1) is 0 Å². The van der Waals surface area contributed by atoms with Crippen molar-refractivity contribution in [2.45, 2.75) is 6.92 Å². The molecule has 0 atom stereocenters. The Kier molecular flexibility index (Phi) is 5.99. The fraction of sp³-hybridized carbons (Fsp3) is 0.312. The quantitative estimate of drug-likeness (QED) is 0.791. The van der Waals surface area contributed by atoms with E-state index in [1.54, 1.807) is 6.07 Å². The summed E-state index contributed by atoms with van der Waals surface area (Å²) in [4.78, 5) is 20.1. The molecule has 0 radical (unpaired) electrons. The minimum Gasteiger partial charge on any atom is -0.477 e. The van der Waals surface area contributed by atoms with Crippen LogP contribution in [0.5, 0.6) is 5.88 Å². The number of methoxy groups -OCH3 is 1. The molecule has 0 bridgehead atoms. The molecule has 0 aliphatic carbocycles. The SMILES string of the molecule is CCOc1cncc(-c2ccc(C(=O)NCCOC)c(F)c2)n1. The second-order valence-corrected chi connectivity index (χ2v) is 4.62. The van der Waals surface area contributed by atoms with Gasteiger partial charge in [0.25, 0.3) is 5.91 Å². The number of hydrogen-bond acceptors (Lipinski definition) is 5. The maximum absolute atomic E-state index is 14.2. The van der Waals surface area contributed by atoms with Crippen LogP contribution in [-0.2, 0) is 4.74 Å². The first-order chi connectivity index (χ1) is 11.2. The monoisotopic (exact) mass is 319 g/mol. The number of carbonyl (C=O) groups is 1. The lowest BCUT2D eigenvalue weighted by atomic mass is 10.1. The highest BCUT2D eigenvalue weighted by atomic mass is 19.1. The third kappa shape index (κ3) is 4.46. The van der Waals surface area contributed by atoms with Crippen LogP contribution in [-0.4, -0.2) is 42.7 Å². The minimum absolute atomic E-state index is 0.0289. The fourth-order valence-electron chi connectivity index (χ4n) is 1.93. The van der Waals surface area contributed by atoms with Crippen molar-refractivity contribution in [3.05, 3.63) is 42.0 Å². The van der Waals surface area contributed by atoms with E-state index in [1.165, 1.54) is 31.6 Å². The summed E-state index contributed by atoms with van der Waals surface area (Å²) in [5.41, 5.74) is 0.963. The van der Waals surface area contributed by atoms with E-state index >= 15 is 0 Å². The molecule has 0 spiro atoms. The van der Waals surface area contributed by atoms with Gasteiger partial charge in [-0.2, -0.15) is 0 Å². The molecule has 1 aromatic heterocycles. The van der Waals surface area contributed by atoms with Crippen LogP contribution < -0.4 is 10.1 Å². The number of ether oxygens (including phenoxy) is 2. The van der Waals surface area contributed by atoms with Crippen molar-refractivity contribution in [3.8, 4) is 17.1 Å². The Balaban J connectivity index is 2.18. The molecule has 0 aliphatic heterocycles. The van der Waals surface area contributed by atoms with Crippen LogP contribution in [0, 0.1) is 5.82 Å². The molecule has 1 amide bonds. The van der Waals surface area contributed by atoms with Gasteiger partial charge in [0.05, 0.1) is 36.9 Å². The molecule has 2 aromatic rings. The second-order valence-electron chi connectivity index (χ2n) is 4.62. The van der Waals surface area contributed by atoms with Gasteiger partial charge in [-0.3, -0.25) is 9.78 Å². The predicted octanol–water partition coefficient (Wildman–Crippen LogP) is 2.06. The van der Waals surface area contributed by atoms with E-state index < -0.39 is 11.7 Å². The zero-order valence-corrected chi connectivity index (χ0v) is 13.0. The molecule has 122 valence electrons. The maximum Gasteiger partial charge on any atom is 0.254 e. The lowest BCUT2D eigenvalue weighted by Gasteiger charge is -2.08. The molecule has 6 nitrogen and oxygen atoms in total. The Labute approximate surface area is 133 Å². The average Bonchev–Trinajstić information content (AvgIpc) is 2.55. The van der Waals surface area contributed by atoms with Crippen molar-refractivity contribution in [2.24, 2.45) is 0 Å². The van der Waals surface area contributed by atoms with E-state index in [2.05, 4.69) is 15.3 Å². The summed E-state index contributed by atoms with van der Waals surface area (Å²) in [5, 5.41) is 2.57. The van der Waals surface area contributed by atoms with E-state index in [1.807, 2.05) is 6.92 Å². The first kappa shape index (κ1) is 16.8. The standard InChI is InChI=1S/C16H18FN3O3/c1-3-23-15-10-18-9-14(20-15)11-4-5-12(13(17)8-11)16(21)19-6-7-22-2/h4-5,8-10H,3,6-7H2,1-2H3,(H,19,21). The summed E-state index contributed by atoms with van der Waals surface area (Å²) in [6.07, 6.45) is 3.00. The number of amides is 1. The summed E-state index contributed by atoms with van der Waals surface area (Å²) < 4.78 is 24.3. The Hall–Kier alpha value is -2.54. The highest BCUT2D eigenvalue weighted by molar-refractivity contribution is 5.94. The van der Waals surface area contributed by atoms with Gasteiger partial charge in [-0.05, 0) is 19.1 Å². The molecule has 23 heavy (non-hydrogen) atoms. The number of nitrogens with zero attached hydrogens (tertiary/aromatic N) is 2. The Morgan fingerprint density at radius 1 is 1.35 bits per heavy atom. The Morgan fingerprint density at radius 3 is 2.87 bits per heavy atom. The van der Waals surface area contributed by atoms with Gasteiger partial charge in [0.15, 0.2) is 0 Å². The van der Waals surface area contributed by atoms with E-state index in [9.17, 15) is 9.18 Å². The molecule has 1 N–H and O–H groups in total. The van der Waals surface area contributed by atoms with Gasteiger partial charge < -0.3 is 14.8 Å². The fourth-order valence-corrected chi connectivity index (χ4v) is 1.93. The first-order valence-electron chi connectivity index (χ1n) is 7.17. The van der Waals surface area contributed by atoms with Gasteiger partial charge in [-0.1, -0.05) is 6.07 Å². The van der Waals surface area contributed by atoms with Crippen molar-refractivity contribution >= 4 is 5.91 Å². The summed E-state index contributed by atoms with van der Waals surface area (Å²) in [6.45, 7) is 2.99. The van der Waals surface area contributed by atoms with E-state index in [0.717, 1.165) is 0 Å². The molecule has 0 aliphatic rings. The summed E-state index contributed by atoms with van der Waals surface area (Å²) in [5.74, 6) is -0.743. The van der Waals surface area contributed by atoms with Crippen LogP contribution in [0.15, 0.2) is 30.6 Å². The molecule has 2 rings (SSSR count). The number of halogens is 1. The third-order valence-electron chi connectivity index (χ3n) is 3.01. The van der Waals surface area contributed by atoms with Crippen LogP contribution in [0.4, 0.5) is 4.39 Å². The topological polar surface area (TPSA) is 73.3 Å². The average molecular weight is 319 g/mol. The largest absolute Gasteiger partial charge is 0.477 e. The van der Waals surface area contributed by atoms with Gasteiger partial charge in [-0.25, -0.2) is 9.37 Å². The molecule has 0 saturated heterocycles. The summed E-state index contributed by atoms with van der Waals surface area (Å²) in [7, 11) is 1.53. The number of benzene rings is 1. The Morgan fingerprint density at radius 2 is 2.17 bits per heavy atom. The number of rotatable bonds is 7. The van der Waals surface area contributed by atoms with E-state index in [4.69, 9.17) is 9.47 Å². The van der Waals surface area contributed by atoms with Crippen LogP contribution in [0.2, 0.25) is 0 Å². The van der Waals surface area contributed by atoms with Crippen molar-refractivity contribution in [1.82, 2.24) is 15.3 Å². The lowest BCUT2D eigenvalue weighted by Crippen LogP contribution is -2.27. The number of hydrogen-bond donors (Lipinski definition) is 1. The number of nitrogens with one attached hydrogen (secondary N) is 1. The highest BCUT2D eigenvalue weighted by Gasteiger charge is 2.13. The second kappa shape index (κ2) is 8.19. The maximum atomic E-state index is 14.2. The lowest BCUT2D eigenvalue weighted by molar-refractivity contribution is 0.0933. The molecule has 0 saturated carbocycles. The van der Waals surface area contributed by atoms with Gasteiger partial charge >= 0.3 is 0 Å². The summed E-state index contributed by atoms with van der Waals surface area (Å²) in [6, 6.07) is 4.29. The molecule has 0 unspecified atom stereocenters. The zero-order chi connectivity index (χ0) is 16.7. The predicted molar refractivity (Wildman–Crippen MR) is 82.8 cm³/mol. The molecule has 7 heteroatoms. The molecular formula is C16H18FN3O3. The van der Waals surface area contributed by atoms with Gasteiger partial charge in [0.1, 0.15) is 5.82 Å². The van der Waals surface area contributed by atoms with Crippen molar-refractivity contribution in [2.75, 3.05) is 26.9 Å². The van der Waals surface area contributed by atoms with Crippen molar-refractivity contribution < 1.29 is 18.7 Å². The third-order valence-corrected chi connectivity index (χ3v) is 3.01. The van der Waals surface area contributed by atoms with Crippen LogP contribution in [0.25, 0.3) is 11.3 Å². The van der Waals surface area contributed by atoms with E-state index in [-0.39, 0.29) is 5.56 Å². The number of carbonyl (C=O) groups excluding carboxylic acids is 1. The zero-order valence-electron chi connectivity index (χ0n) is 13.0. The molecule has 1 aromatic carbocycles. The van der Waals surface area contributed by atoms with Crippen molar-refractivity contribution in [1.29, 1.82) is 0 Å². The number of aromatic nitrogens is 2. The molecular weight excluding hydrogens is 301 g/mol. The van der Waals surface area contributed by atoms with Gasteiger partial charge in [0.2, 0.25) is 5.88 Å². The van der Waals surface area contributed by atoms with Crippen LogP contribution in [0.3, 0.4) is 0 Å². The summed E-state index contributed by atoms with van der Waals surface area (Å²) >= 11 is 0. The first-order valence-corrected chi connectivity index (χ1v) is 7.17. The molecule has 1 heterocycles. The molecule has 0 fully saturated rings. The van der Waals surface area contributed by atoms with Crippen LogP contribution >= 0.6 is 0 Å². The minimum atomic E-state index is -0.624. The highest BCUT2D eigenvalue weighted by Crippen LogP contribution is 2.21. The van der Waals surface area contributed by atoms with E-state index in [0.29, 0.717) is 36.9 Å². The Bertz CT molecular complexity index is 679.